The van der Waals surface area contributed by atoms with E-state index in [2.05, 4.69) is 6.92 Å². The normalized spacial score (nSPS) is 36.7. The summed E-state index contributed by atoms with van der Waals surface area (Å²) in [5, 5.41) is 8.78. The number of aliphatic hydroxyl groups excluding tert-OH is 1. The molecule has 1 aliphatic rings. The summed E-state index contributed by atoms with van der Waals surface area (Å²) in [5.41, 5.74) is 0. The van der Waals surface area contributed by atoms with Gasteiger partial charge in [0, 0.05) is 19.1 Å². The predicted octanol–water partition coefficient (Wildman–Crippen LogP) is 0.651. The Hall–Kier alpha value is -0.0800. The topological polar surface area (TPSA) is 29.5 Å². The van der Waals surface area contributed by atoms with Crippen molar-refractivity contribution in [3.8, 4) is 0 Å². The third-order valence-electron chi connectivity index (χ3n) is 2.09. The van der Waals surface area contributed by atoms with Gasteiger partial charge in [0.15, 0.2) is 0 Å². The second-order valence-corrected chi connectivity index (χ2v) is 2.78. The van der Waals surface area contributed by atoms with Crippen LogP contribution in [0.1, 0.15) is 13.3 Å². The maximum atomic E-state index is 8.78. The van der Waals surface area contributed by atoms with Crippen LogP contribution < -0.4 is 0 Å². The van der Waals surface area contributed by atoms with Crippen LogP contribution in [0.3, 0.4) is 0 Å². The maximum absolute atomic E-state index is 8.78. The van der Waals surface area contributed by atoms with Crippen molar-refractivity contribution >= 4 is 0 Å². The van der Waals surface area contributed by atoms with Crippen LogP contribution >= 0.6 is 0 Å². The SMILES string of the molecule is CC1CCOCC1CO. The van der Waals surface area contributed by atoms with Crippen LogP contribution in [0.2, 0.25) is 0 Å². The average Bonchev–Trinajstić information content (AvgIpc) is 1.89. The highest BCUT2D eigenvalue weighted by Gasteiger charge is 2.20. The predicted molar refractivity (Wildman–Crippen MR) is 35.2 cm³/mol. The fraction of sp³-hybridized carbons (Fsp3) is 1.00. The van der Waals surface area contributed by atoms with Crippen LogP contribution in [0.4, 0.5) is 0 Å². The molecule has 0 saturated carbocycles. The molecule has 2 atom stereocenters. The molecule has 0 amide bonds. The first-order chi connectivity index (χ1) is 4.34. The van der Waals surface area contributed by atoms with Crippen molar-refractivity contribution in [3.63, 3.8) is 0 Å². The summed E-state index contributed by atoms with van der Waals surface area (Å²) in [5.74, 6) is 1.03. The fourth-order valence-electron chi connectivity index (χ4n) is 1.14. The molecule has 0 aromatic heterocycles. The maximum Gasteiger partial charge on any atom is 0.0518 e. The summed E-state index contributed by atoms with van der Waals surface area (Å²) >= 11 is 0. The zero-order valence-corrected chi connectivity index (χ0v) is 5.84. The molecule has 0 bridgehead atoms. The van der Waals surface area contributed by atoms with Crippen LogP contribution in [-0.2, 0) is 4.74 Å². The Labute approximate surface area is 55.8 Å². The molecule has 0 aromatic carbocycles. The molecule has 9 heavy (non-hydrogen) atoms. The molecule has 1 N–H and O–H groups in total. The third-order valence-corrected chi connectivity index (χ3v) is 2.09. The van der Waals surface area contributed by atoms with E-state index < -0.39 is 0 Å². The lowest BCUT2D eigenvalue weighted by molar-refractivity contribution is -0.00114. The highest BCUT2D eigenvalue weighted by molar-refractivity contribution is 4.68. The average molecular weight is 130 g/mol. The van der Waals surface area contributed by atoms with Crippen molar-refractivity contribution in [2.75, 3.05) is 19.8 Å². The minimum Gasteiger partial charge on any atom is -0.396 e. The molecule has 54 valence electrons. The van der Waals surface area contributed by atoms with Gasteiger partial charge in [0.25, 0.3) is 0 Å². The van der Waals surface area contributed by atoms with Gasteiger partial charge in [0.2, 0.25) is 0 Å². The number of aliphatic hydroxyl groups is 1. The Balaban J connectivity index is 2.30. The smallest absolute Gasteiger partial charge is 0.0518 e. The van der Waals surface area contributed by atoms with E-state index in [9.17, 15) is 0 Å². The van der Waals surface area contributed by atoms with Crippen LogP contribution in [0.5, 0.6) is 0 Å². The van der Waals surface area contributed by atoms with Gasteiger partial charge < -0.3 is 9.84 Å². The van der Waals surface area contributed by atoms with Crippen LogP contribution in [0.25, 0.3) is 0 Å². The zero-order chi connectivity index (χ0) is 6.69. The summed E-state index contributed by atoms with van der Waals surface area (Å²) < 4.78 is 5.18. The van der Waals surface area contributed by atoms with E-state index in [1.807, 2.05) is 0 Å². The molecular weight excluding hydrogens is 116 g/mol. The zero-order valence-electron chi connectivity index (χ0n) is 5.84. The summed E-state index contributed by atoms with van der Waals surface area (Å²) in [4.78, 5) is 0. The molecule has 1 heterocycles. The summed E-state index contributed by atoms with van der Waals surface area (Å²) in [6.07, 6.45) is 1.10. The van der Waals surface area contributed by atoms with E-state index in [4.69, 9.17) is 9.84 Å². The van der Waals surface area contributed by atoms with E-state index in [0.717, 1.165) is 19.6 Å². The summed E-state index contributed by atoms with van der Waals surface area (Å²) in [6.45, 7) is 4.07. The van der Waals surface area contributed by atoms with Crippen molar-refractivity contribution in [2.24, 2.45) is 11.8 Å². The lowest BCUT2D eigenvalue weighted by Crippen LogP contribution is -2.27. The molecule has 2 unspecified atom stereocenters. The Bertz CT molecular complexity index is 83.0. The molecule has 2 heteroatoms. The molecular formula is C7H14O2. The molecule has 0 aliphatic carbocycles. The molecule has 0 aromatic rings. The van der Waals surface area contributed by atoms with Gasteiger partial charge in [-0.2, -0.15) is 0 Å². The molecule has 1 fully saturated rings. The van der Waals surface area contributed by atoms with E-state index in [1.54, 1.807) is 0 Å². The monoisotopic (exact) mass is 130 g/mol. The van der Waals surface area contributed by atoms with Gasteiger partial charge in [-0.05, 0) is 12.3 Å². The van der Waals surface area contributed by atoms with Crippen molar-refractivity contribution < 1.29 is 9.84 Å². The minimum absolute atomic E-state index is 0.279. The Morgan fingerprint density at radius 1 is 1.67 bits per heavy atom. The van der Waals surface area contributed by atoms with Crippen LogP contribution in [-0.4, -0.2) is 24.9 Å². The van der Waals surface area contributed by atoms with Crippen LogP contribution in [0, 0.1) is 11.8 Å². The number of rotatable bonds is 1. The molecule has 1 rings (SSSR count). The van der Waals surface area contributed by atoms with Gasteiger partial charge in [-0.3, -0.25) is 0 Å². The van der Waals surface area contributed by atoms with E-state index in [1.165, 1.54) is 0 Å². The first-order valence-corrected chi connectivity index (χ1v) is 3.53. The number of ether oxygens (including phenoxy) is 1. The largest absolute Gasteiger partial charge is 0.396 e. The minimum atomic E-state index is 0.279. The van der Waals surface area contributed by atoms with Gasteiger partial charge >= 0.3 is 0 Å². The van der Waals surface area contributed by atoms with Crippen LogP contribution in [0.15, 0.2) is 0 Å². The second kappa shape index (κ2) is 3.18. The molecule has 1 aliphatic heterocycles. The van der Waals surface area contributed by atoms with Gasteiger partial charge in [-0.1, -0.05) is 6.92 Å². The van der Waals surface area contributed by atoms with Gasteiger partial charge in [-0.15, -0.1) is 0 Å². The summed E-state index contributed by atoms with van der Waals surface area (Å²) in [7, 11) is 0. The lowest BCUT2D eigenvalue weighted by Gasteiger charge is -2.26. The highest BCUT2D eigenvalue weighted by Crippen LogP contribution is 2.19. The van der Waals surface area contributed by atoms with E-state index in [0.29, 0.717) is 11.8 Å². The Morgan fingerprint density at radius 2 is 2.44 bits per heavy atom. The van der Waals surface area contributed by atoms with Crippen molar-refractivity contribution in [1.29, 1.82) is 0 Å². The fourth-order valence-corrected chi connectivity index (χ4v) is 1.14. The van der Waals surface area contributed by atoms with Gasteiger partial charge in [0.05, 0.1) is 6.61 Å². The van der Waals surface area contributed by atoms with Crippen molar-refractivity contribution in [1.82, 2.24) is 0 Å². The Morgan fingerprint density at radius 3 is 2.89 bits per heavy atom. The van der Waals surface area contributed by atoms with Gasteiger partial charge in [0.1, 0.15) is 0 Å². The quantitative estimate of drug-likeness (QED) is 0.564. The van der Waals surface area contributed by atoms with Crippen molar-refractivity contribution in [3.05, 3.63) is 0 Å². The van der Waals surface area contributed by atoms with E-state index >= 15 is 0 Å². The lowest BCUT2D eigenvalue weighted by atomic mass is 9.91. The van der Waals surface area contributed by atoms with Gasteiger partial charge in [-0.25, -0.2) is 0 Å². The molecule has 2 nitrogen and oxygen atoms in total. The van der Waals surface area contributed by atoms with Crippen molar-refractivity contribution in [2.45, 2.75) is 13.3 Å². The number of hydrogen-bond donors (Lipinski definition) is 1. The summed E-state index contributed by atoms with van der Waals surface area (Å²) in [6, 6.07) is 0. The highest BCUT2D eigenvalue weighted by atomic mass is 16.5. The molecule has 0 radical (unpaired) electrons. The van der Waals surface area contributed by atoms with E-state index in [-0.39, 0.29) is 6.61 Å². The third kappa shape index (κ3) is 1.66. The first-order valence-electron chi connectivity index (χ1n) is 3.53. The second-order valence-electron chi connectivity index (χ2n) is 2.78. The standard InChI is InChI=1S/C7H14O2/c1-6-2-3-9-5-7(6)4-8/h6-8H,2-5H2,1H3. The molecule has 0 spiro atoms. The first kappa shape index (κ1) is 7.03. The molecule has 1 saturated heterocycles. The number of hydrogen-bond acceptors (Lipinski definition) is 2. The Kier molecular flexibility index (Phi) is 2.49.